The Bertz CT molecular complexity index is 725. The molecule has 0 saturated carbocycles. The molecule has 0 bridgehead atoms. The molecule has 3 nitrogen and oxygen atoms in total. The van der Waals surface area contributed by atoms with Crippen molar-refractivity contribution in [2.45, 2.75) is 0 Å². The van der Waals surface area contributed by atoms with Crippen LogP contribution < -0.4 is 4.74 Å². The lowest BCUT2D eigenvalue weighted by atomic mass is 10.3. The highest BCUT2D eigenvalue weighted by molar-refractivity contribution is 6.32. The van der Waals surface area contributed by atoms with Gasteiger partial charge in [-0.25, -0.2) is 9.07 Å². The lowest BCUT2D eigenvalue weighted by molar-refractivity contribution is 0.480. The van der Waals surface area contributed by atoms with Crippen molar-refractivity contribution in [2.24, 2.45) is 0 Å². The molecule has 0 aliphatic carbocycles. The fourth-order valence-corrected chi connectivity index (χ4v) is 1.99. The average Bonchev–Trinajstić information content (AvgIpc) is 2.90. The summed E-state index contributed by atoms with van der Waals surface area (Å²) < 4.78 is 20.0. The molecule has 0 spiro atoms. The van der Waals surface area contributed by atoms with Gasteiger partial charge in [0.25, 0.3) is 0 Å². The van der Waals surface area contributed by atoms with E-state index in [2.05, 4.69) is 5.10 Å². The molecule has 1 aromatic heterocycles. The van der Waals surface area contributed by atoms with Crippen LogP contribution in [0.15, 0.2) is 60.9 Å². The third-order valence-corrected chi connectivity index (χ3v) is 3.03. The third kappa shape index (κ3) is 2.65. The second-order valence-electron chi connectivity index (χ2n) is 4.13. The average molecular weight is 289 g/mol. The maximum absolute atomic E-state index is 12.8. The van der Waals surface area contributed by atoms with Crippen molar-refractivity contribution in [3.63, 3.8) is 0 Å². The molecule has 0 N–H and O–H groups in total. The highest BCUT2D eigenvalue weighted by Crippen LogP contribution is 2.24. The van der Waals surface area contributed by atoms with Crippen LogP contribution in [0, 0.1) is 5.82 Å². The number of nitrogens with zero attached hydrogens (tertiary/aromatic N) is 2. The standard InChI is InChI=1S/C15H10ClFN2O/c16-14-3-1-2-4-15(14)19-10-13(9-18-19)20-12-7-5-11(17)6-8-12/h1-10H. The van der Waals surface area contributed by atoms with E-state index in [1.165, 1.54) is 12.1 Å². The maximum atomic E-state index is 12.8. The number of hydrogen-bond acceptors (Lipinski definition) is 2. The first-order valence-electron chi connectivity index (χ1n) is 5.95. The van der Waals surface area contributed by atoms with Crippen molar-refractivity contribution in [3.05, 3.63) is 71.8 Å². The molecule has 0 atom stereocenters. The Morgan fingerprint density at radius 1 is 1.00 bits per heavy atom. The van der Waals surface area contributed by atoms with Crippen molar-refractivity contribution in [1.82, 2.24) is 9.78 Å². The van der Waals surface area contributed by atoms with Crippen LogP contribution in [-0.4, -0.2) is 9.78 Å². The molecule has 3 aromatic rings. The Hall–Kier alpha value is -2.33. The molecule has 100 valence electrons. The fraction of sp³-hybridized carbons (Fsp3) is 0. The largest absolute Gasteiger partial charge is 0.454 e. The van der Waals surface area contributed by atoms with Crippen molar-refractivity contribution in [1.29, 1.82) is 0 Å². The molecule has 3 rings (SSSR count). The normalized spacial score (nSPS) is 10.5. The van der Waals surface area contributed by atoms with Crippen LogP contribution in [0.1, 0.15) is 0 Å². The van der Waals surface area contributed by atoms with Crippen LogP contribution in [-0.2, 0) is 0 Å². The molecule has 20 heavy (non-hydrogen) atoms. The van der Waals surface area contributed by atoms with E-state index in [9.17, 15) is 4.39 Å². The van der Waals surface area contributed by atoms with Crippen molar-refractivity contribution >= 4 is 11.6 Å². The molecule has 0 aliphatic heterocycles. The zero-order valence-electron chi connectivity index (χ0n) is 10.3. The van der Waals surface area contributed by atoms with Gasteiger partial charge in [-0.1, -0.05) is 23.7 Å². The maximum Gasteiger partial charge on any atom is 0.165 e. The van der Waals surface area contributed by atoms with Gasteiger partial charge in [0.15, 0.2) is 5.75 Å². The summed E-state index contributed by atoms with van der Waals surface area (Å²) in [5, 5.41) is 4.79. The van der Waals surface area contributed by atoms with E-state index >= 15 is 0 Å². The summed E-state index contributed by atoms with van der Waals surface area (Å²) in [5.41, 5.74) is 0.767. The van der Waals surface area contributed by atoms with Crippen molar-refractivity contribution in [3.8, 4) is 17.2 Å². The molecule has 0 fully saturated rings. The number of rotatable bonds is 3. The van der Waals surface area contributed by atoms with Gasteiger partial charge in [-0.2, -0.15) is 5.10 Å². The van der Waals surface area contributed by atoms with Gasteiger partial charge in [0.2, 0.25) is 0 Å². The SMILES string of the molecule is Fc1ccc(Oc2cnn(-c3ccccc3Cl)c2)cc1. The molecule has 0 aliphatic rings. The molecule has 0 amide bonds. The third-order valence-electron chi connectivity index (χ3n) is 2.71. The predicted octanol–water partition coefficient (Wildman–Crippen LogP) is 4.46. The number of halogens is 2. The summed E-state index contributed by atoms with van der Waals surface area (Å²) in [4.78, 5) is 0. The highest BCUT2D eigenvalue weighted by Gasteiger charge is 2.06. The number of aromatic nitrogens is 2. The van der Waals surface area contributed by atoms with E-state index in [1.54, 1.807) is 35.3 Å². The van der Waals surface area contributed by atoms with E-state index in [-0.39, 0.29) is 5.82 Å². The van der Waals surface area contributed by atoms with Crippen molar-refractivity contribution in [2.75, 3.05) is 0 Å². The Morgan fingerprint density at radius 3 is 2.50 bits per heavy atom. The molecule has 1 heterocycles. The molecule has 0 radical (unpaired) electrons. The van der Waals surface area contributed by atoms with E-state index in [0.717, 1.165) is 5.69 Å². The van der Waals surface area contributed by atoms with E-state index in [4.69, 9.17) is 16.3 Å². The minimum Gasteiger partial charge on any atom is -0.454 e. The minimum atomic E-state index is -0.302. The monoisotopic (exact) mass is 288 g/mol. The van der Waals surface area contributed by atoms with Gasteiger partial charge >= 0.3 is 0 Å². The lowest BCUT2D eigenvalue weighted by Crippen LogP contribution is -1.94. The first-order chi connectivity index (χ1) is 9.72. The smallest absolute Gasteiger partial charge is 0.165 e. The van der Waals surface area contributed by atoms with Gasteiger partial charge in [0.05, 0.1) is 23.1 Å². The first kappa shape index (κ1) is 12.7. The zero-order chi connectivity index (χ0) is 13.9. The summed E-state index contributed by atoms with van der Waals surface area (Å²) in [6.07, 6.45) is 3.29. The van der Waals surface area contributed by atoms with Gasteiger partial charge in [-0.15, -0.1) is 0 Å². The number of benzene rings is 2. The summed E-state index contributed by atoms with van der Waals surface area (Å²) >= 11 is 6.10. The molecular formula is C15H10ClFN2O. The molecular weight excluding hydrogens is 279 g/mol. The highest BCUT2D eigenvalue weighted by atomic mass is 35.5. The summed E-state index contributed by atoms with van der Waals surface area (Å²) in [7, 11) is 0. The fourth-order valence-electron chi connectivity index (χ4n) is 1.77. The van der Waals surface area contributed by atoms with Crippen molar-refractivity contribution < 1.29 is 9.13 Å². The van der Waals surface area contributed by atoms with Crippen LogP contribution >= 0.6 is 11.6 Å². The summed E-state index contributed by atoms with van der Waals surface area (Å²) in [5.74, 6) is 0.797. The Labute approximate surface area is 120 Å². The molecule has 2 aromatic carbocycles. The van der Waals surface area contributed by atoms with Crippen LogP contribution in [0.5, 0.6) is 11.5 Å². The second-order valence-corrected chi connectivity index (χ2v) is 4.54. The molecule has 0 saturated heterocycles. The van der Waals surface area contributed by atoms with Gasteiger partial charge in [-0.05, 0) is 36.4 Å². The van der Waals surface area contributed by atoms with Crippen LogP contribution in [0.4, 0.5) is 4.39 Å². The topological polar surface area (TPSA) is 27.1 Å². The summed E-state index contributed by atoms with van der Waals surface area (Å²) in [6.45, 7) is 0. The number of para-hydroxylation sites is 1. The summed E-state index contributed by atoms with van der Waals surface area (Å²) in [6, 6.07) is 13.2. The van der Waals surface area contributed by atoms with Gasteiger partial charge in [-0.3, -0.25) is 0 Å². The molecule has 0 unspecified atom stereocenters. The molecule has 5 heteroatoms. The van der Waals surface area contributed by atoms with Crippen LogP contribution in [0.3, 0.4) is 0 Å². The van der Waals surface area contributed by atoms with E-state index in [0.29, 0.717) is 16.5 Å². The zero-order valence-corrected chi connectivity index (χ0v) is 11.1. The van der Waals surface area contributed by atoms with E-state index < -0.39 is 0 Å². The van der Waals surface area contributed by atoms with E-state index in [1.807, 2.05) is 18.2 Å². The van der Waals surface area contributed by atoms with Gasteiger partial charge in [0, 0.05) is 0 Å². The van der Waals surface area contributed by atoms with Crippen LogP contribution in [0.25, 0.3) is 5.69 Å². The number of hydrogen-bond donors (Lipinski definition) is 0. The van der Waals surface area contributed by atoms with Crippen LogP contribution in [0.2, 0.25) is 5.02 Å². The Balaban J connectivity index is 1.84. The predicted molar refractivity (Wildman–Crippen MR) is 75.0 cm³/mol. The lowest BCUT2D eigenvalue weighted by Gasteiger charge is -2.03. The Kier molecular flexibility index (Phi) is 3.39. The van der Waals surface area contributed by atoms with Gasteiger partial charge in [0.1, 0.15) is 11.6 Å². The number of ether oxygens (including phenoxy) is 1. The first-order valence-corrected chi connectivity index (χ1v) is 6.33. The quantitative estimate of drug-likeness (QED) is 0.711. The Morgan fingerprint density at radius 2 is 1.75 bits per heavy atom. The minimum absolute atomic E-state index is 0.302. The second kappa shape index (κ2) is 5.35. The van der Waals surface area contributed by atoms with Gasteiger partial charge < -0.3 is 4.74 Å².